The Morgan fingerprint density at radius 3 is 2.85 bits per heavy atom. The molecule has 0 fully saturated rings. The summed E-state index contributed by atoms with van der Waals surface area (Å²) in [5.41, 5.74) is 5.08. The number of carbonyl (C=O) groups is 1. The molecule has 0 aliphatic carbocycles. The van der Waals surface area contributed by atoms with Crippen molar-refractivity contribution in [3.05, 3.63) is 21.9 Å². The molecule has 0 aliphatic rings. The Morgan fingerprint density at radius 1 is 1.85 bits per heavy atom. The average Bonchev–Trinajstić information content (AvgIpc) is 2.50. The second-order valence-electron chi connectivity index (χ2n) is 2.25. The second-order valence-corrected chi connectivity index (χ2v) is 2.25. The van der Waals surface area contributed by atoms with E-state index in [-0.39, 0.29) is 11.5 Å². The summed E-state index contributed by atoms with van der Waals surface area (Å²) in [6.45, 7) is 0. The van der Waals surface area contributed by atoms with E-state index in [9.17, 15) is 14.9 Å². The molecule has 13 heavy (non-hydrogen) atoms. The van der Waals surface area contributed by atoms with Crippen molar-refractivity contribution >= 4 is 11.8 Å². The van der Waals surface area contributed by atoms with Gasteiger partial charge in [0.15, 0.2) is 6.04 Å². The molecule has 0 amide bonds. The van der Waals surface area contributed by atoms with Crippen LogP contribution in [0.3, 0.4) is 0 Å². The molecular formula is C5H6N4O4. The van der Waals surface area contributed by atoms with Crippen LogP contribution in [0.2, 0.25) is 0 Å². The molecule has 0 aliphatic heterocycles. The molecule has 1 aromatic rings. The fourth-order valence-corrected chi connectivity index (χ4v) is 0.706. The lowest BCUT2D eigenvalue weighted by Gasteiger charge is -1.97. The molecule has 1 atom stereocenters. The Labute approximate surface area is 71.5 Å². The normalized spacial score (nSPS) is 12.4. The van der Waals surface area contributed by atoms with Crippen molar-refractivity contribution < 1.29 is 14.8 Å². The highest BCUT2D eigenvalue weighted by molar-refractivity contribution is 5.74. The first-order valence-corrected chi connectivity index (χ1v) is 3.20. The molecule has 1 rings (SSSR count). The van der Waals surface area contributed by atoms with Gasteiger partial charge in [-0.3, -0.25) is 4.79 Å². The first kappa shape index (κ1) is 9.13. The third kappa shape index (κ3) is 1.79. The number of aromatic amines is 1. The van der Waals surface area contributed by atoms with Gasteiger partial charge in [-0.05, 0) is 4.92 Å². The van der Waals surface area contributed by atoms with Gasteiger partial charge in [-0.1, -0.05) is 5.10 Å². The third-order valence-corrected chi connectivity index (χ3v) is 1.37. The Kier molecular flexibility index (Phi) is 2.24. The monoisotopic (exact) mass is 186 g/mol. The van der Waals surface area contributed by atoms with Crippen LogP contribution in [-0.4, -0.2) is 26.2 Å². The van der Waals surface area contributed by atoms with Crippen LogP contribution in [0.1, 0.15) is 11.7 Å². The zero-order valence-electron chi connectivity index (χ0n) is 6.30. The maximum Gasteiger partial charge on any atom is 0.342 e. The number of rotatable bonds is 3. The quantitative estimate of drug-likeness (QED) is 0.426. The topological polar surface area (TPSA) is 135 Å². The molecule has 0 radical (unpaired) electrons. The van der Waals surface area contributed by atoms with E-state index < -0.39 is 16.9 Å². The van der Waals surface area contributed by atoms with Crippen LogP contribution in [0.25, 0.3) is 0 Å². The van der Waals surface area contributed by atoms with Crippen molar-refractivity contribution in [3.8, 4) is 0 Å². The first-order valence-electron chi connectivity index (χ1n) is 3.20. The number of nitrogens with one attached hydrogen (secondary N) is 1. The number of aliphatic carboxylic acids is 1. The highest BCUT2D eigenvalue weighted by atomic mass is 16.6. The highest BCUT2D eigenvalue weighted by Crippen LogP contribution is 2.13. The summed E-state index contributed by atoms with van der Waals surface area (Å²) >= 11 is 0. The summed E-state index contributed by atoms with van der Waals surface area (Å²) < 4.78 is 0. The Balaban J connectivity index is 2.91. The predicted octanol–water partition coefficient (Wildman–Crippen LogP) is -0.598. The molecule has 0 aromatic carbocycles. The van der Waals surface area contributed by atoms with Gasteiger partial charge in [-0.25, -0.2) is 0 Å². The summed E-state index contributed by atoms with van der Waals surface area (Å²) in [4.78, 5) is 19.8. The Morgan fingerprint density at radius 2 is 2.46 bits per heavy atom. The van der Waals surface area contributed by atoms with Crippen molar-refractivity contribution in [1.82, 2.24) is 10.2 Å². The summed E-state index contributed by atoms with van der Waals surface area (Å²) in [6.07, 6.45) is 0. The minimum Gasteiger partial charge on any atom is -0.480 e. The fraction of sp³-hybridized carbons (Fsp3) is 0.200. The number of carboxylic acids is 1. The molecule has 8 nitrogen and oxygen atoms in total. The van der Waals surface area contributed by atoms with Gasteiger partial charge in [-0.15, -0.1) is 5.10 Å². The largest absolute Gasteiger partial charge is 0.480 e. The van der Waals surface area contributed by atoms with E-state index in [0.29, 0.717) is 0 Å². The molecule has 0 saturated carbocycles. The Hall–Kier alpha value is -1.96. The lowest BCUT2D eigenvalue weighted by atomic mass is 10.2. The lowest BCUT2D eigenvalue weighted by Crippen LogP contribution is -2.20. The number of nitro groups is 1. The number of nitrogens with zero attached hydrogens (tertiary/aromatic N) is 2. The molecule has 70 valence electrons. The third-order valence-electron chi connectivity index (χ3n) is 1.37. The van der Waals surface area contributed by atoms with Gasteiger partial charge < -0.3 is 21.0 Å². The molecule has 1 heterocycles. The van der Waals surface area contributed by atoms with E-state index in [4.69, 9.17) is 10.8 Å². The van der Waals surface area contributed by atoms with Crippen LogP contribution in [0.4, 0.5) is 5.82 Å². The molecule has 0 bridgehead atoms. The van der Waals surface area contributed by atoms with Crippen LogP contribution in [0, 0.1) is 10.1 Å². The number of aromatic nitrogens is 2. The van der Waals surface area contributed by atoms with Gasteiger partial charge in [0.2, 0.25) is 0 Å². The molecule has 1 unspecified atom stereocenters. The maximum atomic E-state index is 10.3. The van der Waals surface area contributed by atoms with Crippen molar-refractivity contribution in [1.29, 1.82) is 0 Å². The number of H-pyrrole nitrogens is 1. The van der Waals surface area contributed by atoms with Crippen molar-refractivity contribution in [2.24, 2.45) is 5.73 Å². The van der Waals surface area contributed by atoms with Crippen molar-refractivity contribution in [2.45, 2.75) is 6.04 Å². The maximum absolute atomic E-state index is 10.3. The molecule has 4 N–H and O–H groups in total. The van der Waals surface area contributed by atoms with Gasteiger partial charge in [0.05, 0.1) is 6.07 Å². The number of nitrogens with two attached hydrogens (primary N) is 1. The summed E-state index contributed by atoms with van der Waals surface area (Å²) in [6, 6.07) is -0.358. The number of hydrogen-bond acceptors (Lipinski definition) is 5. The van der Waals surface area contributed by atoms with Crippen molar-refractivity contribution in [3.63, 3.8) is 0 Å². The standard InChI is InChI=1S/C5H6N4O4/c6-4(5(10)11)2-1-3(8-7-2)9(12)13/h1,4H,6H2,(H,7,8)(H,10,11). The average molecular weight is 186 g/mol. The zero-order valence-corrected chi connectivity index (χ0v) is 6.30. The van der Waals surface area contributed by atoms with E-state index in [0.717, 1.165) is 6.07 Å². The number of hydrogen-bond donors (Lipinski definition) is 3. The van der Waals surface area contributed by atoms with Crippen LogP contribution in [0.5, 0.6) is 0 Å². The van der Waals surface area contributed by atoms with Gasteiger partial charge in [-0.2, -0.15) is 0 Å². The van der Waals surface area contributed by atoms with Crippen molar-refractivity contribution in [2.75, 3.05) is 0 Å². The zero-order chi connectivity index (χ0) is 10.0. The van der Waals surface area contributed by atoms with E-state index in [2.05, 4.69) is 5.10 Å². The van der Waals surface area contributed by atoms with Crippen LogP contribution >= 0.6 is 0 Å². The van der Waals surface area contributed by atoms with Gasteiger partial charge >= 0.3 is 11.8 Å². The Bertz CT molecular complexity index is 346. The highest BCUT2D eigenvalue weighted by Gasteiger charge is 2.21. The van der Waals surface area contributed by atoms with Gasteiger partial charge in [0, 0.05) is 0 Å². The van der Waals surface area contributed by atoms with Gasteiger partial charge in [0.25, 0.3) is 0 Å². The van der Waals surface area contributed by atoms with Crippen LogP contribution < -0.4 is 5.73 Å². The van der Waals surface area contributed by atoms with Crippen LogP contribution in [-0.2, 0) is 4.79 Å². The van der Waals surface area contributed by atoms with Gasteiger partial charge in [0.1, 0.15) is 5.69 Å². The molecule has 8 heteroatoms. The lowest BCUT2D eigenvalue weighted by molar-refractivity contribution is -0.389. The number of carboxylic acid groups (broad SMARTS) is 1. The minimum absolute atomic E-state index is 0.0702. The van der Waals surface area contributed by atoms with E-state index in [1.54, 1.807) is 0 Å². The molecule has 0 saturated heterocycles. The molecule has 0 spiro atoms. The summed E-state index contributed by atoms with van der Waals surface area (Å²) in [5, 5.41) is 24.0. The summed E-state index contributed by atoms with van der Waals surface area (Å²) in [7, 11) is 0. The van der Waals surface area contributed by atoms with E-state index >= 15 is 0 Å². The van der Waals surface area contributed by atoms with E-state index in [1.807, 2.05) is 5.10 Å². The van der Waals surface area contributed by atoms with E-state index in [1.165, 1.54) is 0 Å². The predicted molar refractivity (Wildman–Crippen MR) is 39.8 cm³/mol. The SMILES string of the molecule is NC(C(=O)O)c1cc([N+](=O)[O-])[nH]n1. The minimum atomic E-state index is -1.34. The van der Waals surface area contributed by atoms with Crippen LogP contribution in [0.15, 0.2) is 6.07 Å². The second kappa shape index (κ2) is 3.19. The summed E-state index contributed by atoms with van der Waals surface area (Å²) in [5.74, 6) is -1.67. The molecular weight excluding hydrogens is 180 g/mol. The smallest absolute Gasteiger partial charge is 0.342 e. The molecule has 1 aromatic heterocycles. The first-order chi connectivity index (χ1) is 6.02. The fourth-order valence-electron chi connectivity index (χ4n) is 0.706.